The minimum Gasteiger partial charge on any atom is -0.481 e. The summed E-state index contributed by atoms with van der Waals surface area (Å²) in [6.45, 7) is -0.0412. The highest BCUT2D eigenvalue weighted by molar-refractivity contribution is 5.71. The van der Waals surface area contributed by atoms with Crippen LogP contribution >= 0.6 is 0 Å². The number of carboxylic acids is 1. The van der Waals surface area contributed by atoms with E-state index in [4.69, 9.17) is 9.84 Å². The van der Waals surface area contributed by atoms with Gasteiger partial charge in [0.05, 0.1) is 0 Å². The number of carboxylic acid groups (broad SMARTS) is 1. The summed E-state index contributed by atoms with van der Waals surface area (Å²) >= 11 is 0. The highest BCUT2D eigenvalue weighted by atomic mass is 19.4. The van der Waals surface area contributed by atoms with Crippen LogP contribution in [0.15, 0.2) is 30.3 Å². The lowest BCUT2D eigenvalue weighted by atomic mass is 10.0. The number of benzene rings is 1. The second kappa shape index (κ2) is 8.26. The lowest BCUT2D eigenvalue weighted by Gasteiger charge is -2.15. The zero-order valence-electron chi connectivity index (χ0n) is 11.6. The van der Waals surface area contributed by atoms with Crippen LogP contribution < -0.4 is 5.32 Å². The van der Waals surface area contributed by atoms with Gasteiger partial charge in [0, 0.05) is 6.54 Å². The molecule has 0 unspecified atom stereocenters. The number of carbonyl (C=O) groups excluding carboxylic acids is 1. The molecule has 0 heterocycles. The van der Waals surface area contributed by atoms with E-state index in [1.54, 1.807) is 24.3 Å². The molecule has 0 aliphatic heterocycles. The number of nitrogens with one attached hydrogen (secondary N) is 1. The van der Waals surface area contributed by atoms with E-state index in [0.717, 1.165) is 5.56 Å². The predicted molar refractivity (Wildman–Crippen MR) is 71.0 cm³/mol. The first kappa shape index (κ1) is 17.8. The minimum atomic E-state index is -4.79. The Morgan fingerprint density at radius 1 is 1.23 bits per heavy atom. The standard InChI is InChI=1S/C14H16F3NO4/c15-14(16,17)11(12(19)20)7-4-8-18-13(21)22-9-10-5-2-1-3-6-10/h1-3,5-6,11H,4,7-9H2,(H,18,21)(H,19,20)/t11-/m1/s1. The predicted octanol–water partition coefficient (Wildman–Crippen LogP) is 2.96. The molecule has 0 spiro atoms. The van der Waals surface area contributed by atoms with Gasteiger partial charge in [-0.05, 0) is 18.4 Å². The van der Waals surface area contributed by atoms with Crippen LogP contribution in [0.2, 0.25) is 0 Å². The van der Waals surface area contributed by atoms with E-state index in [1.165, 1.54) is 0 Å². The Morgan fingerprint density at radius 3 is 2.41 bits per heavy atom. The van der Waals surface area contributed by atoms with Crippen LogP contribution in [0, 0.1) is 5.92 Å². The third-order valence-electron chi connectivity index (χ3n) is 2.84. The normalized spacial score (nSPS) is 12.5. The molecule has 0 aromatic heterocycles. The second-order valence-corrected chi connectivity index (χ2v) is 4.56. The molecule has 0 aliphatic carbocycles. The van der Waals surface area contributed by atoms with Crippen LogP contribution in [0.5, 0.6) is 0 Å². The molecule has 22 heavy (non-hydrogen) atoms. The summed E-state index contributed by atoms with van der Waals surface area (Å²) in [5, 5.41) is 10.8. The fraction of sp³-hybridized carbons (Fsp3) is 0.429. The fourth-order valence-corrected chi connectivity index (χ4v) is 1.70. The maximum Gasteiger partial charge on any atom is 0.407 e. The van der Waals surface area contributed by atoms with Gasteiger partial charge in [-0.1, -0.05) is 30.3 Å². The average molecular weight is 319 g/mol. The van der Waals surface area contributed by atoms with E-state index in [1.807, 2.05) is 6.07 Å². The number of hydrogen-bond donors (Lipinski definition) is 2. The summed E-state index contributed by atoms with van der Waals surface area (Å²) in [5.74, 6) is -4.34. The van der Waals surface area contributed by atoms with Crippen molar-refractivity contribution >= 4 is 12.1 Å². The molecule has 0 fully saturated rings. The average Bonchev–Trinajstić information content (AvgIpc) is 2.44. The molecule has 1 aromatic carbocycles. The molecule has 1 aromatic rings. The van der Waals surface area contributed by atoms with Crippen molar-refractivity contribution < 1.29 is 32.6 Å². The van der Waals surface area contributed by atoms with Crippen LogP contribution in [-0.2, 0) is 16.1 Å². The van der Waals surface area contributed by atoms with Crippen LogP contribution in [0.4, 0.5) is 18.0 Å². The van der Waals surface area contributed by atoms with E-state index >= 15 is 0 Å². The number of carbonyl (C=O) groups is 2. The van der Waals surface area contributed by atoms with Gasteiger partial charge >= 0.3 is 18.2 Å². The number of hydrogen-bond acceptors (Lipinski definition) is 3. The first-order valence-corrected chi connectivity index (χ1v) is 6.54. The Morgan fingerprint density at radius 2 is 1.86 bits per heavy atom. The molecule has 0 aliphatic rings. The van der Waals surface area contributed by atoms with E-state index in [0.29, 0.717) is 0 Å². The van der Waals surface area contributed by atoms with E-state index in [9.17, 15) is 22.8 Å². The van der Waals surface area contributed by atoms with Crippen molar-refractivity contribution in [2.75, 3.05) is 6.54 Å². The van der Waals surface area contributed by atoms with Crippen molar-refractivity contribution in [3.8, 4) is 0 Å². The van der Waals surface area contributed by atoms with Crippen molar-refractivity contribution in [3.05, 3.63) is 35.9 Å². The zero-order valence-corrected chi connectivity index (χ0v) is 11.6. The van der Waals surface area contributed by atoms with Crippen molar-refractivity contribution in [1.82, 2.24) is 5.32 Å². The highest BCUT2D eigenvalue weighted by Crippen LogP contribution is 2.29. The maximum absolute atomic E-state index is 12.4. The largest absolute Gasteiger partial charge is 0.481 e. The number of halogens is 3. The van der Waals surface area contributed by atoms with Crippen molar-refractivity contribution in [1.29, 1.82) is 0 Å². The molecule has 1 rings (SSSR count). The molecule has 0 saturated carbocycles. The number of ether oxygens (including phenoxy) is 1. The number of alkyl halides is 3. The minimum absolute atomic E-state index is 0.0486. The van der Waals surface area contributed by atoms with Gasteiger partial charge in [0.1, 0.15) is 6.61 Å². The molecule has 0 saturated heterocycles. The van der Waals surface area contributed by atoms with Crippen molar-refractivity contribution in [2.24, 2.45) is 5.92 Å². The van der Waals surface area contributed by atoms with Gasteiger partial charge in [0.2, 0.25) is 0 Å². The van der Waals surface area contributed by atoms with Gasteiger partial charge in [0.25, 0.3) is 0 Å². The molecular weight excluding hydrogens is 303 g/mol. The second-order valence-electron chi connectivity index (χ2n) is 4.56. The quantitative estimate of drug-likeness (QED) is 0.758. The Kier molecular flexibility index (Phi) is 6.68. The summed E-state index contributed by atoms with van der Waals surface area (Å²) in [6.07, 6.45) is -6.27. The molecule has 0 bridgehead atoms. The number of amides is 1. The van der Waals surface area contributed by atoms with Crippen molar-refractivity contribution in [3.63, 3.8) is 0 Å². The number of rotatable bonds is 7. The third-order valence-corrected chi connectivity index (χ3v) is 2.84. The molecule has 5 nitrogen and oxygen atoms in total. The Bertz CT molecular complexity index is 491. The smallest absolute Gasteiger partial charge is 0.407 e. The maximum atomic E-state index is 12.4. The third kappa shape index (κ3) is 6.47. The molecule has 8 heteroatoms. The summed E-state index contributed by atoms with van der Waals surface area (Å²) in [5.41, 5.74) is 0.778. The van der Waals surface area contributed by atoms with Crippen LogP contribution in [0.25, 0.3) is 0 Å². The van der Waals surface area contributed by atoms with E-state index in [2.05, 4.69) is 5.32 Å². The van der Waals surface area contributed by atoms with E-state index < -0.39 is 30.6 Å². The summed E-state index contributed by atoms with van der Waals surface area (Å²) in [6, 6.07) is 8.88. The Hall–Kier alpha value is -2.25. The molecule has 1 atom stereocenters. The molecule has 0 radical (unpaired) electrons. The van der Waals surface area contributed by atoms with E-state index in [-0.39, 0.29) is 19.6 Å². The monoisotopic (exact) mass is 319 g/mol. The topological polar surface area (TPSA) is 75.6 Å². The van der Waals surface area contributed by atoms with Gasteiger partial charge in [-0.3, -0.25) is 4.79 Å². The Labute approximate surface area is 125 Å². The Balaban J connectivity index is 2.23. The highest BCUT2D eigenvalue weighted by Gasteiger charge is 2.44. The molecule has 122 valence electrons. The molecule has 2 N–H and O–H groups in total. The van der Waals surface area contributed by atoms with Crippen LogP contribution in [0.1, 0.15) is 18.4 Å². The lowest BCUT2D eigenvalue weighted by Crippen LogP contribution is -2.32. The number of aliphatic carboxylic acids is 1. The first-order chi connectivity index (χ1) is 10.3. The summed E-state index contributed by atoms with van der Waals surface area (Å²) in [7, 11) is 0. The van der Waals surface area contributed by atoms with Crippen LogP contribution in [-0.4, -0.2) is 29.9 Å². The van der Waals surface area contributed by atoms with Gasteiger partial charge in [-0.2, -0.15) is 13.2 Å². The summed E-state index contributed by atoms with van der Waals surface area (Å²) in [4.78, 5) is 21.8. The van der Waals surface area contributed by atoms with Gasteiger partial charge in [-0.25, -0.2) is 4.79 Å². The molecular formula is C14H16F3NO4. The van der Waals surface area contributed by atoms with Gasteiger partial charge in [-0.15, -0.1) is 0 Å². The lowest BCUT2D eigenvalue weighted by molar-refractivity contribution is -0.194. The zero-order chi connectivity index (χ0) is 16.6. The van der Waals surface area contributed by atoms with Gasteiger partial charge < -0.3 is 15.2 Å². The van der Waals surface area contributed by atoms with Crippen molar-refractivity contribution in [2.45, 2.75) is 25.6 Å². The molecule has 1 amide bonds. The summed E-state index contributed by atoms with van der Waals surface area (Å²) < 4.78 is 42.0. The number of alkyl carbamates (subject to hydrolysis) is 1. The first-order valence-electron chi connectivity index (χ1n) is 6.54. The van der Waals surface area contributed by atoms with Crippen LogP contribution in [0.3, 0.4) is 0 Å². The van der Waals surface area contributed by atoms with Gasteiger partial charge in [0.15, 0.2) is 5.92 Å². The fourth-order valence-electron chi connectivity index (χ4n) is 1.70. The SMILES string of the molecule is O=C(NCCC[C@H](C(=O)O)C(F)(F)F)OCc1ccccc1.